The molecule has 1 atom stereocenters. The standard InChI is InChI=1S/C19H26N4O.ClH/c1-14-6-4-7-15(12-14)19(2,3)21-18(24)17-9-11-23(22-17)16-8-5-10-20-13-16;/h4,6-7,9,11-12,16,20H,5,8,10,13H2,1-3H3,(H,21,24);1H. The number of piperidine rings is 1. The summed E-state index contributed by atoms with van der Waals surface area (Å²) in [7, 11) is 0. The molecule has 1 aliphatic rings. The predicted octanol–water partition coefficient (Wildman–Crippen LogP) is 3.20. The number of rotatable bonds is 4. The highest BCUT2D eigenvalue weighted by Crippen LogP contribution is 2.22. The Morgan fingerprint density at radius 2 is 2.16 bits per heavy atom. The number of nitrogens with zero attached hydrogens (tertiary/aromatic N) is 2. The molecule has 5 nitrogen and oxygen atoms in total. The molecule has 1 aromatic heterocycles. The van der Waals surface area contributed by atoms with E-state index >= 15 is 0 Å². The van der Waals surface area contributed by atoms with Gasteiger partial charge in [0.2, 0.25) is 0 Å². The topological polar surface area (TPSA) is 59.0 Å². The van der Waals surface area contributed by atoms with Crippen LogP contribution in [0.2, 0.25) is 0 Å². The first-order valence-electron chi connectivity index (χ1n) is 8.61. The molecule has 1 aromatic carbocycles. The molecule has 0 radical (unpaired) electrons. The van der Waals surface area contributed by atoms with Crippen LogP contribution < -0.4 is 10.6 Å². The van der Waals surface area contributed by atoms with Gasteiger partial charge in [0.25, 0.3) is 5.91 Å². The summed E-state index contributed by atoms with van der Waals surface area (Å²) < 4.78 is 1.92. The summed E-state index contributed by atoms with van der Waals surface area (Å²) in [4.78, 5) is 12.6. The van der Waals surface area contributed by atoms with E-state index in [0.29, 0.717) is 11.7 Å². The Hall–Kier alpha value is -1.85. The Bertz CT molecular complexity index is 720. The van der Waals surface area contributed by atoms with E-state index in [2.05, 4.69) is 34.8 Å². The summed E-state index contributed by atoms with van der Waals surface area (Å²) in [6.45, 7) is 8.07. The number of hydrogen-bond acceptors (Lipinski definition) is 3. The fourth-order valence-corrected chi connectivity index (χ4v) is 3.18. The molecule has 0 saturated carbocycles. The number of hydrogen-bond donors (Lipinski definition) is 2. The normalized spacial score (nSPS) is 17.6. The number of benzene rings is 1. The molecule has 1 saturated heterocycles. The molecule has 1 unspecified atom stereocenters. The zero-order valence-corrected chi connectivity index (χ0v) is 15.9. The third-order valence-corrected chi connectivity index (χ3v) is 4.65. The highest BCUT2D eigenvalue weighted by molar-refractivity contribution is 5.92. The molecule has 0 aliphatic carbocycles. The van der Waals surface area contributed by atoms with Crippen LogP contribution in [0.1, 0.15) is 54.3 Å². The highest BCUT2D eigenvalue weighted by Gasteiger charge is 2.25. The Morgan fingerprint density at radius 3 is 2.84 bits per heavy atom. The van der Waals surface area contributed by atoms with E-state index in [0.717, 1.165) is 31.5 Å². The molecule has 2 heterocycles. The van der Waals surface area contributed by atoms with Crippen molar-refractivity contribution in [3.63, 3.8) is 0 Å². The van der Waals surface area contributed by atoms with Gasteiger partial charge >= 0.3 is 0 Å². The summed E-state index contributed by atoms with van der Waals surface area (Å²) in [5, 5.41) is 11.0. The van der Waals surface area contributed by atoms with Gasteiger partial charge in [0, 0.05) is 12.7 Å². The van der Waals surface area contributed by atoms with Crippen molar-refractivity contribution in [1.29, 1.82) is 0 Å². The first-order chi connectivity index (χ1) is 11.5. The molecule has 2 aromatic rings. The number of nitrogens with one attached hydrogen (secondary N) is 2. The van der Waals surface area contributed by atoms with E-state index in [1.54, 1.807) is 6.07 Å². The second kappa shape index (κ2) is 8.02. The van der Waals surface area contributed by atoms with Gasteiger partial charge in [-0.3, -0.25) is 9.48 Å². The van der Waals surface area contributed by atoms with Crippen molar-refractivity contribution in [2.75, 3.05) is 13.1 Å². The number of carbonyl (C=O) groups excluding carboxylic acids is 1. The van der Waals surface area contributed by atoms with Crippen molar-refractivity contribution >= 4 is 18.3 Å². The van der Waals surface area contributed by atoms with Crippen LogP contribution in [0.15, 0.2) is 36.5 Å². The molecule has 0 bridgehead atoms. The molecular formula is C19H27ClN4O. The second-order valence-electron chi connectivity index (χ2n) is 7.13. The minimum Gasteiger partial charge on any atom is -0.342 e. The molecule has 1 fully saturated rings. The second-order valence-corrected chi connectivity index (χ2v) is 7.13. The summed E-state index contributed by atoms with van der Waals surface area (Å²) in [6.07, 6.45) is 4.16. The van der Waals surface area contributed by atoms with Crippen molar-refractivity contribution in [1.82, 2.24) is 20.4 Å². The number of halogens is 1. The lowest BCUT2D eigenvalue weighted by Gasteiger charge is -2.27. The maximum absolute atomic E-state index is 12.6. The number of aromatic nitrogens is 2. The lowest BCUT2D eigenvalue weighted by molar-refractivity contribution is 0.0905. The Labute approximate surface area is 155 Å². The zero-order valence-electron chi connectivity index (χ0n) is 15.1. The van der Waals surface area contributed by atoms with Gasteiger partial charge in [0.15, 0.2) is 0 Å². The van der Waals surface area contributed by atoms with E-state index in [4.69, 9.17) is 0 Å². The van der Waals surface area contributed by atoms with Crippen LogP contribution in [0.25, 0.3) is 0 Å². The summed E-state index contributed by atoms with van der Waals surface area (Å²) >= 11 is 0. The summed E-state index contributed by atoms with van der Waals surface area (Å²) in [5.74, 6) is -0.135. The Morgan fingerprint density at radius 1 is 1.36 bits per heavy atom. The molecule has 3 rings (SSSR count). The maximum atomic E-state index is 12.6. The molecule has 25 heavy (non-hydrogen) atoms. The lowest BCUT2D eigenvalue weighted by atomic mass is 9.93. The SMILES string of the molecule is Cc1cccc(C(C)(C)NC(=O)c2ccn(C3CCCNC3)n2)c1.Cl. The van der Waals surface area contributed by atoms with E-state index in [1.165, 1.54) is 5.56 Å². The average Bonchev–Trinajstić information content (AvgIpc) is 3.05. The number of aryl methyl sites for hydroxylation is 1. The molecule has 2 N–H and O–H groups in total. The number of amides is 1. The smallest absolute Gasteiger partial charge is 0.272 e. The molecule has 6 heteroatoms. The first kappa shape index (κ1) is 19.5. The monoisotopic (exact) mass is 362 g/mol. The van der Waals surface area contributed by atoms with E-state index < -0.39 is 5.54 Å². The summed E-state index contributed by atoms with van der Waals surface area (Å²) in [5.41, 5.74) is 2.30. The molecule has 1 aliphatic heterocycles. The van der Waals surface area contributed by atoms with Gasteiger partial charge in [-0.25, -0.2) is 0 Å². The predicted molar refractivity (Wildman–Crippen MR) is 102 cm³/mol. The minimum absolute atomic E-state index is 0. The van der Waals surface area contributed by atoms with E-state index in [-0.39, 0.29) is 18.3 Å². The van der Waals surface area contributed by atoms with Gasteiger partial charge in [-0.05, 0) is 51.8 Å². The third-order valence-electron chi connectivity index (χ3n) is 4.65. The first-order valence-corrected chi connectivity index (χ1v) is 8.61. The lowest BCUT2D eigenvalue weighted by Crippen LogP contribution is -2.41. The van der Waals surface area contributed by atoms with Crippen LogP contribution in [0, 0.1) is 6.92 Å². The van der Waals surface area contributed by atoms with Crippen molar-refractivity contribution in [3.8, 4) is 0 Å². The van der Waals surface area contributed by atoms with Gasteiger partial charge < -0.3 is 10.6 Å². The number of carbonyl (C=O) groups is 1. The van der Waals surface area contributed by atoms with Gasteiger partial charge in [0.05, 0.1) is 11.6 Å². The quantitative estimate of drug-likeness (QED) is 0.878. The van der Waals surface area contributed by atoms with E-state index in [1.807, 2.05) is 36.9 Å². The Kier molecular flexibility index (Phi) is 6.25. The van der Waals surface area contributed by atoms with Crippen molar-refractivity contribution in [3.05, 3.63) is 53.3 Å². The van der Waals surface area contributed by atoms with Crippen molar-refractivity contribution in [2.24, 2.45) is 0 Å². The van der Waals surface area contributed by atoms with Gasteiger partial charge in [-0.2, -0.15) is 5.10 Å². The van der Waals surface area contributed by atoms with Crippen LogP contribution in [0.3, 0.4) is 0 Å². The van der Waals surface area contributed by atoms with Crippen LogP contribution in [-0.4, -0.2) is 28.8 Å². The summed E-state index contributed by atoms with van der Waals surface area (Å²) in [6, 6.07) is 10.4. The largest absolute Gasteiger partial charge is 0.342 e. The molecule has 1 amide bonds. The molecule has 0 spiro atoms. The van der Waals surface area contributed by atoms with E-state index in [9.17, 15) is 4.79 Å². The van der Waals surface area contributed by atoms with Gasteiger partial charge in [-0.15, -0.1) is 12.4 Å². The zero-order chi connectivity index (χ0) is 17.2. The highest BCUT2D eigenvalue weighted by atomic mass is 35.5. The van der Waals surface area contributed by atoms with Gasteiger partial charge in [-0.1, -0.05) is 29.8 Å². The van der Waals surface area contributed by atoms with Gasteiger partial charge in [0.1, 0.15) is 5.69 Å². The fraction of sp³-hybridized carbons (Fsp3) is 0.474. The molecule has 136 valence electrons. The van der Waals surface area contributed by atoms with Crippen LogP contribution >= 0.6 is 12.4 Å². The third kappa shape index (κ3) is 4.61. The molecular weight excluding hydrogens is 336 g/mol. The van der Waals surface area contributed by atoms with Crippen molar-refractivity contribution in [2.45, 2.75) is 45.2 Å². The average molecular weight is 363 g/mol. The van der Waals surface area contributed by atoms with Crippen LogP contribution in [-0.2, 0) is 5.54 Å². The van der Waals surface area contributed by atoms with Crippen LogP contribution in [0.5, 0.6) is 0 Å². The van der Waals surface area contributed by atoms with Crippen molar-refractivity contribution < 1.29 is 4.79 Å². The Balaban J connectivity index is 0.00000225. The fourth-order valence-electron chi connectivity index (χ4n) is 3.18. The van der Waals surface area contributed by atoms with Crippen LogP contribution in [0.4, 0.5) is 0 Å². The minimum atomic E-state index is -0.445. The maximum Gasteiger partial charge on any atom is 0.272 e.